The van der Waals surface area contributed by atoms with Gasteiger partial charge in [-0.25, -0.2) is 0 Å². The van der Waals surface area contributed by atoms with Crippen LogP contribution in [0.3, 0.4) is 0 Å². The van der Waals surface area contributed by atoms with Crippen LogP contribution in [0, 0.1) is 5.92 Å². The lowest BCUT2D eigenvalue weighted by Crippen LogP contribution is -2.45. The third-order valence-electron chi connectivity index (χ3n) is 4.96. The average molecular weight is 284 g/mol. The Balaban J connectivity index is 0.000000956. The first-order valence-corrected chi connectivity index (χ1v) is 8.80. The van der Waals surface area contributed by atoms with Crippen LogP contribution in [0.1, 0.15) is 46.5 Å². The smallest absolute Gasteiger partial charge is 0.0113 e. The highest BCUT2D eigenvalue weighted by molar-refractivity contribution is 4.80. The fraction of sp³-hybridized carbons (Fsp3) is 1.00. The minimum Gasteiger partial charge on any atom is -0.306 e. The third-order valence-corrected chi connectivity index (χ3v) is 4.96. The Hall–Kier alpha value is -0.120. The van der Waals surface area contributed by atoms with Crippen LogP contribution in [0.15, 0.2) is 0 Å². The predicted molar refractivity (Wildman–Crippen MR) is 89.3 cm³/mol. The zero-order chi connectivity index (χ0) is 15.0. The van der Waals surface area contributed by atoms with Gasteiger partial charge >= 0.3 is 0 Å². The van der Waals surface area contributed by atoms with E-state index in [9.17, 15) is 0 Å². The molecule has 2 saturated heterocycles. The van der Waals surface area contributed by atoms with Gasteiger partial charge in [0.15, 0.2) is 0 Å². The van der Waals surface area contributed by atoms with Gasteiger partial charge in [-0.15, -0.1) is 0 Å². The normalized spacial score (nSPS) is 23.7. The zero-order valence-electron chi connectivity index (χ0n) is 14.6. The summed E-state index contributed by atoms with van der Waals surface area (Å²) < 4.78 is 0. The molecule has 0 aromatic heterocycles. The summed E-state index contributed by atoms with van der Waals surface area (Å²) in [5.74, 6) is 0.962. The van der Waals surface area contributed by atoms with Crippen molar-refractivity contribution in [1.29, 1.82) is 0 Å². The van der Waals surface area contributed by atoms with E-state index in [0.717, 1.165) is 12.0 Å². The molecule has 0 atom stereocenters. The van der Waals surface area contributed by atoms with Crippen molar-refractivity contribution in [3.8, 4) is 0 Å². The van der Waals surface area contributed by atoms with Gasteiger partial charge in [0.1, 0.15) is 0 Å². The molecule has 0 amide bonds. The molecule has 2 fully saturated rings. The van der Waals surface area contributed by atoms with Crippen molar-refractivity contribution < 1.29 is 0 Å². The van der Waals surface area contributed by atoms with E-state index in [1.807, 2.05) is 13.8 Å². The van der Waals surface area contributed by atoms with E-state index in [1.165, 1.54) is 65.0 Å². The Morgan fingerprint density at radius 1 is 0.850 bits per heavy atom. The average Bonchev–Trinajstić information content (AvgIpc) is 2.50. The van der Waals surface area contributed by atoms with E-state index in [4.69, 9.17) is 0 Å². The highest BCUT2D eigenvalue weighted by Gasteiger charge is 2.24. The van der Waals surface area contributed by atoms with Crippen molar-refractivity contribution in [3.05, 3.63) is 0 Å². The lowest BCUT2D eigenvalue weighted by Gasteiger charge is -2.38. The van der Waals surface area contributed by atoms with Crippen molar-refractivity contribution in [2.45, 2.75) is 52.5 Å². The minimum atomic E-state index is 0.822. The van der Waals surface area contributed by atoms with Crippen LogP contribution in [0.2, 0.25) is 0 Å². The SMILES string of the molecule is CC.CCN1CCC(CN2CCC(N(C)C)CC2)CC1. The van der Waals surface area contributed by atoms with E-state index >= 15 is 0 Å². The summed E-state index contributed by atoms with van der Waals surface area (Å²) >= 11 is 0. The van der Waals surface area contributed by atoms with E-state index in [0.29, 0.717) is 0 Å². The Morgan fingerprint density at radius 2 is 1.35 bits per heavy atom. The zero-order valence-corrected chi connectivity index (χ0v) is 14.6. The van der Waals surface area contributed by atoms with Crippen LogP contribution >= 0.6 is 0 Å². The lowest BCUT2D eigenvalue weighted by atomic mass is 9.94. The predicted octanol–water partition coefficient (Wildman–Crippen LogP) is 2.77. The van der Waals surface area contributed by atoms with Crippen molar-refractivity contribution in [2.24, 2.45) is 5.92 Å². The van der Waals surface area contributed by atoms with E-state index in [2.05, 4.69) is 35.7 Å². The van der Waals surface area contributed by atoms with E-state index in [-0.39, 0.29) is 0 Å². The van der Waals surface area contributed by atoms with Crippen LogP contribution in [0.4, 0.5) is 0 Å². The highest BCUT2D eigenvalue weighted by atomic mass is 15.2. The number of piperidine rings is 2. The maximum absolute atomic E-state index is 2.71. The molecule has 0 saturated carbocycles. The van der Waals surface area contributed by atoms with E-state index in [1.54, 1.807) is 0 Å². The number of hydrogen-bond acceptors (Lipinski definition) is 3. The molecule has 0 N–H and O–H groups in total. The van der Waals surface area contributed by atoms with Crippen LogP contribution in [-0.2, 0) is 0 Å². The molecule has 2 heterocycles. The molecule has 120 valence electrons. The molecule has 3 nitrogen and oxygen atoms in total. The quantitative estimate of drug-likeness (QED) is 0.785. The second-order valence-corrected chi connectivity index (χ2v) is 6.37. The minimum absolute atomic E-state index is 0.822. The lowest BCUT2D eigenvalue weighted by molar-refractivity contribution is 0.105. The summed E-state index contributed by atoms with van der Waals surface area (Å²) in [6.45, 7) is 14.2. The summed E-state index contributed by atoms with van der Waals surface area (Å²) in [6, 6.07) is 0.822. The van der Waals surface area contributed by atoms with Crippen LogP contribution < -0.4 is 0 Å². The Kier molecular flexibility index (Phi) is 8.74. The molecule has 0 bridgehead atoms. The topological polar surface area (TPSA) is 9.72 Å². The molecule has 2 aliphatic rings. The molecule has 0 aliphatic carbocycles. The first-order valence-electron chi connectivity index (χ1n) is 8.80. The van der Waals surface area contributed by atoms with Crippen molar-refractivity contribution >= 4 is 0 Å². The summed E-state index contributed by atoms with van der Waals surface area (Å²) in [4.78, 5) is 7.71. The second-order valence-electron chi connectivity index (χ2n) is 6.37. The molecule has 0 aromatic carbocycles. The third kappa shape index (κ3) is 5.71. The molecule has 20 heavy (non-hydrogen) atoms. The molecule has 0 unspecified atom stereocenters. The molecule has 2 aliphatic heterocycles. The Labute approximate surface area is 127 Å². The first kappa shape index (κ1) is 17.9. The Morgan fingerprint density at radius 3 is 1.80 bits per heavy atom. The van der Waals surface area contributed by atoms with Crippen molar-refractivity contribution in [3.63, 3.8) is 0 Å². The summed E-state index contributed by atoms with van der Waals surface area (Å²) in [5, 5.41) is 0. The van der Waals surface area contributed by atoms with Crippen LogP contribution in [-0.4, -0.2) is 74.1 Å². The number of likely N-dealkylation sites (tertiary alicyclic amines) is 2. The summed E-state index contributed by atoms with van der Waals surface area (Å²) in [7, 11) is 4.45. The Bertz CT molecular complexity index is 226. The van der Waals surface area contributed by atoms with Gasteiger partial charge in [0, 0.05) is 12.6 Å². The van der Waals surface area contributed by atoms with Gasteiger partial charge in [0.25, 0.3) is 0 Å². The van der Waals surface area contributed by atoms with Gasteiger partial charge in [-0.05, 0) is 78.4 Å². The van der Waals surface area contributed by atoms with Gasteiger partial charge in [0.2, 0.25) is 0 Å². The van der Waals surface area contributed by atoms with Gasteiger partial charge in [-0.3, -0.25) is 0 Å². The molecule has 0 aromatic rings. The number of nitrogens with zero attached hydrogens (tertiary/aromatic N) is 3. The molecule has 2 rings (SSSR count). The maximum atomic E-state index is 2.71. The first-order chi connectivity index (χ1) is 9.69. The van der Waals surface area contributed by atoms with Crippen molar-refractivity contribution in [1.82, 2.24) is 14.7 Å². The molecule has 3 heteroatoms. The fourth-order valence-corrected chi connectivity index (χ4v) is 3.47. The van der Waals surface area contributed by atoms with Crippen molar-refractivity contribution in [2.75, 3.05) is 53.4 Å². The molecule has 0 radical (unpaired) electrons. The number of rotatable bonds is 4. The van der Waals surface area contributed by atoms with Gasteiger partial charge in [-0.2, -0.15) is 0 Å². The second kappa shape index (κ2) is 9.75. The summed E-state index contributed by atoms with van der Waals surface area (Å²) in [6.07, 6.45) is 5.56. The highest BCUT2D eigenvalue weighted by Crippen LogP contribution is 2.21. The van der Waals surface area contributed by atoms with Crippen LogP contribution in [0.5, 0.6) is 0 Å². The standard InChI is InChI=1S/C15H31N3.C2H6/c1-4-17-9-5-14(6-10-17)13-18-11-7-15(8-12-18)16(2)3;1-2/h14-15H,4-13H2,1-3H3;1-2H3. The summed E-state index contributed by atoms with van der Waals surface area (Å²) in [5.41, 5.74) is 0. The fourth-order valence-electron chi connectivity index (χ4n) is 3.47. The maximum Gasteiger partial charge on any atom is 0.0113 e. The molecular formula is C17H37N3. The van der Waals surface area contributed by atoms with Gasteiger partial charge in [0.05, 0.1) is 0 Å². The van der Waals surface area contributed by atoms with Gasteiger partial charge < -0.3 is 14.7 Å². The number of hydrogen-bond donors (Lipinski definition) is 0. The van der Waals surface area contributed by atoms with Gasteiger partial charge in [-0.1, -0.05) is 20.8 Å². The molecular weight excluding hydrogens is 246 g/mol. The largest absolute Gasteiger partial charge is 0.306 e. The monoisotopic (exact) mass is 283 g/mol. The molecule has 0 spiro atoms. The van der Waals surface area contributed by atoms with E-state index < -0.39 is 0 Å². The van der Waals surface area contributed by atoms with Crippen LogP contribution in [0.25, 0.3) is 0 Å².